The first-order valence-electron chi connectivity index (χ1n) is 46.6. The molecule has 0 amide bonds. The fourth-order valence-electron chi connectivity index (χ4n) is 20.9. The van der Waals surface area contributed by atoms with Crippen molar-refractivity contribution in [1.82, 2.24) is 28.2 Å². The third-order valence-corrected chi connectivity index (χ3v) is 27.1. The monoisotopic (exact) mass is 1730 g/mol. The molecule has 0 aliphatic heterocycles. The third kappa shape index (κ3) is 14.2. The molecule has 26 rings (SSSR count). The molecule has 0 bridgehead atoms. The van der Waals surface area contributed by atoms with Gasteiger partial charge in [-0.15, -0.1) is 0 Å². The van der Waals surface area contributed by atoms with Crippen LogP contribution in [-0.2, 0) is 0 Å². The van der Waals surface area contributed by atoms with Crippen LogP contribution in [0.5, 0.6) is 0 Å². The van der Waals surface area contributed by atoms with Gasteiger partial charge in [-0.25, -0.2) is 9.97 Å². The quantitative estimate of drug-likeness (QED) is 0.0968. The molecular formula is C130H86N6. The zero-order chi connectivity index (χ0) is 89.9. The summed E-state index contributed by atoms with van der Waals surface area (Å²) in [5.41, 5.74) is 39.5. The molecule has 0 spiro atoms. The van der Waals surface area contributed by atoms with Crippen molar-refractivity contribution >= 4 is 87.2 Å². The molecule has 20 aromatic carbocycles. The van der Waals surface area contributed by atoms with Crippen LogP contribution in [0.4, 0.5) is 0 Å². The zero-order valence-corrected chi connectivity index (χ0v) is 74.3. The summed E-state index contributed by atoms with van der Waals surface area (Å²) in [7, 11) is 0. The zero-order valence-electron chi connectivity index (χ0n) is 74.3. The Labute approximate surface area is 788 Å². The molecule has 0 saturated heterocycles. The molecule has 6 aromatic heterocycles. The molecule has 0 atom stereocenters. The molecule has 6 heteroatoms. The standard InChI is InChI=1S/2C65H43N3/c1-3-18-44(19-4-1)60-32-17-35-65(66-60)68-62-34-14-12-31-57(62)59-43-48(37-39-64(59)68)46-21-16-23-50(41-46)53-27-8-10-29-55(53)54-28-9-7-26-52(54)49-22-15-20-45(40-49)47-36-38-63-58(42-47)56-30-11-13-33-61(56)67(63)51-24-5-2-6-25-51;1-3-20-44(21-4-1)60-34-19-37-65(66-60)68-62-36-18-16-33-57(62)59-43-46(39-41-64(59)68)49-25-8-10-27-51(49)53-29-12-14-31-55(53)54-30-13-11-28-52(54)50-26-9-7-24-48(50)45-38-40-63-58(42-45)56-32-15-17-35-61(56)67(63)47-22-5-2-6-23-47/h2*1-43H. The maximum absolute atomic E-state index is 5.21. The highest BCUT2D eigenvalue weighted by Gasteiger charge is 2.25. The lowest BCUT2D eigenvalue weighted by molar-refractivity contribution is 1.08. The third-order valence-electron chi connectivity index (χ3n) is 27.1. The van der Waals surface area contributed by atoms with Gasteiger partial charge in [0.15, 0.2) is 0 Å². The van der Waals surface area contributed by atoms with E-state index in [0.717, 1.165) is 67.6 Å². The number of pyridine rings is 2. The highest BCUT2D eigenvalue weighted by molar-refractivity contribution is 6.15. The number of hydrogen-bond donors (Lipinski definition) is 0. The van der Waals surface area contributed by atoms with Gasteiger partial charge in [-0.3, -0.25) is 9.13 Å². The highest BCUT2D eigenvalue weighted by atomic mass is 15.1. The molecule has 0 aliphatic carbocycles. The van der Waals surface area contributed by atoms with E-state index >= 15 is 0 Å². The molecule has 0 aliphatic rings. The topological polar surface area (TPSA) is 45.5 Å². The Kier molecular flexibility index (Phi) is 20.2. The summed E-state index contributed by atoms with van der Waals surface area (Å²) in [6.07, 6.45) is 0. The predicted molar refractivity (Wildman–Crippen MR) is 571 cm³/mol. The Morgan fingerprint density at radius 3 is 0.647 bits per heavy atom. The van der Waals surface area contributed by atoms with Crippen LogP contribution in [0.25, 0.3) is 244 Å². The Balaban J connectivity index is 0.000000145. The van der Waals surface area contributed by atoms with Crippen LogP contribution < -0.4 is 0 Å². The van der Waals surface area contributed by atoms with Crippen LogP contribution in [-0.4, -0.2) is 28.2 Å². The maximum Gasteiger partial charge on any atom is 0.138 e. The van der Waals surface area contributed by atoms with E-state index in [1.165, 1.54) is 176 Å². The predicted octanol–water partition coefficient (Wildman–Crippen LogP) is 34.6. The lowest BCUT2D eigenvalue weighted by Crippen LogP contribution is -1.98. The van der Waals surface area contributed by atoms with Crippen LogP contribution in [0.1, 0.15) is 0 Å². The second-order valence-corrected chi connectivity index (χ2v) is 34.9. The van der Waals surface area contributed by atoms with Gasteiger partial charge in [0, 0.05) is 65.6 Å². The van der Waals surface area contributed by atoms with Gasteiger partial charge in [0.2, 0.25) is 0 Å². The molecule has 636 valence electrons. The summed E-state index contributed by atoms with van der Waals surface area (Å²) in [5, 5.41) is 9.78. The van der Waals surface area contributed by atoms with Crippen LogP contribution in [0.3, 0.4) is 0 Å². The fraction of sp³-hybridized carbons (Fsp3) is 0. The summed E-state index contributed by atoms with van der Waals surface area (Å²) >= 11 is 0. The van der Waals surface area contributed by atoms with Gasteiger partial charge in [-0.1, -0.05) is 388 Å². The van der Waals surface area contributed by atoms with Crippen LogP contribution in [0.15, 0.2) is 522 Å². The minimum atomic E-state index is 0.899. The molecule has 6 heterocycles. The average Bonchev–Trinajstić information content (AvgIpc) is 1.61. The minimum Gasteiger partial charge on any atom is -0.309 e. The Bertz CT molecular complexity index is 9110. The Morgan fingerprint density at radius 2 is 0.324 bits per heavy atom. The second-order valence-electron chi connectivity index (χ2n) is 34.9. The fourth-order valence-corrected chi connectivity index (χ4v) is 20.9. The Hall–Kier alpha value is -18.1. The molecule has 0 unspecified atom stereocenters. The summed E-state index contributed by atoms with van der Waals surface area (Å²) in [5.74, 6) is 1.80. The van der Waals surface area contributed by atoms with Gasteiger partial charge in [-0.2, -0.15) is 0 Å². The molecule has 0 N–H and O–H groups in total. The number of rotatable bonds is 16. The van der Waals surface area contributed by atoms with Gasteiger partial charge in [-0.05, 0) is 245 Å². The lowest BCUT2D eigenvalue weighted by Gasteiger charge is -2.19. The summed E-state index contributed by atoms with van der Waals surface area (Å²) in [4.78, 5) is 10.4. The first kappa shape index (κ1) is 80.0. The van der Waals surface area contributed by atoms with Gasteiger partial charge in [0.05, 0.1) is 55.5 Å². The van der Waals surface area contributed by atoms with E-state index in [9.17, 15) is 0 Å². The number of hydrogen-bond acceptors (Lipinski definition) is 2. The van der Waals surface area contributed by atoms with Crippen molar-refractivity contribution in [2.24, 2.45) is 0 Å². The molecular weight excluding hydrogens is 1650 g/mol. The number of para-hydroxylation sites is 6. The van der Waals surface area contributed by atoms with E-state index in [-0.39, 0.29) is 0 Å². The normalized spacial score (nSPS) is 11.5. The minimum absolute atomic E-state index is 0.899. The van der Waals surface area contributed by atoms with Crippen LogP contribution in [0.2, 0.25) is 0 Å². The van der Waals surface area contributed by atoms with Gasteiger partial charge >= 0.3 is 0 Å². The van der Waals surface area contributed by atoms with E-state index in [1.54, 1.807) is 0 Å². The van der Waals surface area contributed by atoms with E-state index in [0.29, 0.717) is 0 Å². The van der Waals surface area contributed by atoms with Crippen molar-refractivity contribution < 1.29 is 0 Å². The van der Waals surface area contributed by atoms with Crippen LogP contribution >= 0.6 is 0 Å². The number of benzene rings is 20. The first-order chi connectivity index (χ1) is 67.5. The van der Waals surface area contributed by atoms with Crippen LogP contribution in [0, 0.1) is 0 Å². The average molecular weight is 1730 g/mol. The SMILES string of the molecule is c1ccc(-c2cccc(-n3c4ccccc4c4cc(-c5cccc(-c6ccccc6-c6ccccc6-c6cccc(-c7ccc8c(c7)c7ccccc7n8-c7ccccc7)c6)c5)ccc43)n2)cc1.c1ccc(-c2cccc(-n3c4ccccc4c4cc(-c5ccccc5-c5ccccc5-c5ccccc5-c5ccccc5-c5ccc6c(c5)c5ccccc5n6-c5ccccc5)ccc43)n2)cc1. The molecule has 0 fully saturated rings. The first-order valence-corrected chi connectivity index (χ1v) is 46.6. The molecule has 0 radical (unpaired) electrons. The molecule has 136 heavy (non-hydrogen) atoms. The molecule has 6 nitrogen and oxygen atoms in total. The smallest absolute Gasteiger partial charge is 0.138 e. The van der Waals surface area contributed by atoms with Gasteiger partial charge < -0.3 is 9.13 Å². The summed E-state index contributed by atoms with van der Waals surface area (Å²) in [6.45, 7) is 0. The maximum atomic E-state index is 5.21. The van der Waals surface area contributed by atoms with Crippen molar-refractivity contribution in [3.63, 3.8) is 0 Å². The largest absolute Gasteiger partial charge is 0.309 e. The molecule has 0 saturated carbocycles. The van der Waals surface area contributed by atoms with Gasteiger partial charge in [0.1, 0.15) is 11.6 Å². The van der Waals surface area contributed by atoms with Crippen molar-refractivity contribution in [3.05, 3.63) is 522 Å². The second kappa shape index (κ2) is 34.3. The Morgan fingerprint density at radius 1 is 0.118 bits per heavy atom. The van der Waals surface area contributed by atoms with E-state index < -0.39 is 0 Å². The number of aromatic nitrogens is 6. The number of fused-ring (bicyclic) bond motifs is 12. The van der Waals surface area contributed by atoms with Gasteiger partial charge in [0.25, 0.3) is 0 Å². The summed E-state index contributed by atoms with van der Waals surface area (Å²) in [6, 6.07) is 188. The lowest BCUT2D eigenvalue weighted by atomic mass is 9.85. The summed E-state index contributed by atoms with van der Waals surface area (Å²) < 4.78 is 9.35. The van der Waals surface area contributed by atoms with E-state index in [2.05, 4.69) is 528 Å². The van der Waals surface area contributed by atoms with Crippen molar-refractivity contribution in [3.8, 4) is 157 Å². The van der Waals surface area contributed by atoms with Crippen molar-refractivity contribution in [1.29, 1.82) is 0 Å². The van der Waals surface area contributed by atoms with Crippen molar-refractivity contribution in [2.45, 2.75) is 0 Å². The van der Waals surface area contributed by atoms with E-state index in [1.807, 2.05) is 12.1 Å². The number of nitrogens with zero attached hydrogens (tertiary/aromatic N) is 6. The van der Waals surface area contributed by atoms with Crippen molar-refractivity contribution in [2.75, 3.05) is 0 Å². The molecule has 26 aromatic rings. The highest BCUT2D eigenvalue weighted by Crippen LogP contribution is 2.49. The van der Waals surface area contributed by atoms with E-state index in [4.69, 9.17) is 9.97 Å².